The molecular weight excluding hydrogens is 352 g/mol. The molecule has 0 spiro atoms. The zero-order valence-corrected chi connectivity index (χ0v) is 17.1. The molecule has 0 aliphatic heterocycles. The molecule has 2 aromatic rings. The Morgan fingerprint density at radius 2 is 1.46 bits per heavy atom. The van der Waals surface area contributed by atoms with Crippen molar-refractivity contribution < 1.29 is 14.7 Å². The number of nitrogens with zero attached hydrogens (tertiary/aromatic N) is 1. The maximum absolute atomic E-state index is 12.8. The number of hydrogen-bond donors (Lipinski definition) is 2. The highest BCUT2D eigenvalue weighted by molar-refractivity contribution is 5.94. The number of rotatable bonds is 9. The van der Waals surface area contributed by atoms with Gasteiger partial charge in [0, 0.05) is 12.2 Å². The predicted octanol–water partition coefficient (Wildman–Crippen LogP) is 4.46. The van der Waals surface area contributed by atoms with Crippen molar-refractivity contribution in [3.8, 4) is 0 Å². The zero-order valence-electron chi connectivity index (χ0n) is 17.1. The number of para-hydroxylation sites is 1. The van der Waals surface area contributed by atoms with Crippen LogP contribution in [-0.4, -0.2) is 35.0 Å². The molecule has 0 bridgehead atoms. The molecule has 2 aromatic carbocycles. The summed E-state index contributed by atoms with van der Waals surface area (Å²) >= 11 is 0. The molecule has 0 heterocycles. The normalized spacial score (nSPS) is 11.2. The van der Waals surface area contributed by atoms with E-state index in [0.29, 0.717) is 6.54 Å². The highest BCUT2D eigenvalue weighted by Gasteiger charge is 2.19. The minimum Gasteiger partial charge on any atom is -0.480 e. The van der Waals surface area contributed by atoms with E-state index in [2.05, 4.69) is 33.0 Å². The van der Waals surface area contributed by atoms with Gasteiger partial charge in [0.05, 0.1) is 13.1 Å². The highest BCUT2D eigenvalue weighted by atomic mass is 16.4. The molecule has 5 heteroatoms. The third-order valence-corrected chi connectivity index (χ3v) is 4.61. The molecule has 0 fully saturated rings. The van der Waals surface area contributed by atoms with Crippen LogP contribution in [0.15, 0.2) is 48.5 Å². The van der Waals surface area contributed by atoms with E-state index in [1.807, 2.05) is 48.5 Å². The maximum Gasteiger partial charge on any atom is 0.317 e. The topological polar surface area (TPSA) is 69.6 Å². The van der Waals surface area contributed by atoms with Gasteiger partial charge in [-0.2, -0.15) is 0 Å². The standard InChI is InChI=1S/C23H30N2O3/c1-16(2)19-11-8-12-20(17(3)4)23(19)24-21(26)14-25(15-22(27)28)13-18-9-6-5-7-10-18/h5-12,16-17H,13-15H2,1-4H3,(H,24,26)(H,27,28). The van der Waals surface area contributed by atoms with Crippen molar-refractivity contribution in [1.29, 1.82) is 0 Å². The molecule has 0 aliphatic rings. The largest absolute Gasteiger partial charge is 0.480 e. The summed E-state index contributed by atoms with van der Waals surface area (Å²) in [5, 5.41) is 12.3. The number of carboxylic acids is 1. The van der Waals surface area contributed by atoms with Crippen molar-refractivity contribution in [3.63, 3.8) is 0 Å². The lowest BCUT2D eigenvalue weighted by Crippen LogP contribution is -2.36. The molecule has 2 N–H and O–H groups in total. The summed E-state index contributed by atoms with van der Waals surface area (Å²) < 4.78 is 0. The molecule has 5 nitrogen and oxygen atoms in total. The van der Waals surface area contributed by atoms with Crippen molar-refractivity contribution in [3.05, 3.63) is 65.2 Å². The summed E-state index contributed by atoms with van der Waals surface area (Å²) in [6.45, 7) is 8.63. The molecule has 0 saturated heterocycles. The number of carboxylic acid groups (broad SMARTS) is 1. The Morgan fingerprint density at radius 3 is 1.96 bits per heavy atom. The molecule has 1 amide bonds. The van der Waals surface area contributed by atoms with Crippen LogP contribution >= 0.6 is 0 Å². The Bertz CT molecular complexity index is 774. The van der Waals surface area contributed by atoms with Gasteiger partial charge in [0.2, 0.25) is 5.91 Å². The maximum atomic E-state index is 12.8. The molecule has 0 aromatic heterocycles. The van der Waals surface area contributed by atoms with Crippen LogP contribution in [0, 0.1) is 0 Å². The van der Waals surface area contributed by atoms with Gasteiger partial charge >= 0.3 is 5.97 Å². The number of nitrogens with one attached hydrogen (secondary N) is 1. The molecule has 28 heavy (non-hydrogen) atoms. The highest BCUT2D eigenvalue weighted by Crippen LogP contribution is 2.32. The van der Waals surface area contributed by atoms with E-state index < -0.39 is 5.97 Å². The average Bonchev–Trinajstić information content (AvgIpc) is 2.61. The summed E-state index contributed by atoms with van der Waals surface area (Å²) in [5.41, 5.74) is 4.01. The van der Waals surface area contributed by atoms with Crippen molar-refractivity contribution in [2.45, 2.75) is 46.1 Å². The Kier molecular flexibility index (Phi) is 7.76. The van der Waals surface area contributed by atoms with Gasteiger partial charge in [-0.1, -0.05) is 76.2 Å². The van der Waals surface area contributed by atoms with Crippen LogP contribution in [-0.2, 0) is 16.1 Å². The van der Waals surface area contributed by atoms with Crippen LogP contribution in [0.5, 0.6) is 0 Å². The van der Waals surface area contributed by atoms with Crippen molar-refractivity contribution in [2.24, 2.45) is 0 Å². The molecule has 0 saturated carbocycles. The SMILES string of the molecule is CC(C)c1cccc(C(C)C)c1NC(=O)CN(CC(=O)O)Cc1ccccc1. The molecule has 0 unspecified atom stereocenters. The molecule has 0 aliphatic carbocycles. The lowest BCUT2D eigenvalue weighted by molar-refractivity contribution is -0.138. The number of carbonyl (C=O) groups excluding carboxylic acids is 1. The quantitative estimate of drug-likeness (QED) is 0.672. The third kappa shape index (κ3) is 6.20. The van der Waals surface area contributed by atoms with Crippen LogP contribution in [0.4, 0.5) is 5.69 Å². The van der Waals surface area contributed by atoms with Crippen LogP contribution in [0.25, 0.3) is 0 Å². The van der Waals surface area contributed by atoms with E-state index in [0.717, 1.165) is 22.4 Å². The fourth-order valence-electron chi connectivity index (χ4n) is 3.28. The fourth-order valence-corrected chi connectivity index (χ4v) is 3.28. The van der Waals surface area contributed by atoms with Crippen molar-refractivity contribution >= 4 is 17.6 Å². The van der Waals surface area contributed by atoms with Crippen LogP contribution in [0.2, 0.25) is 0 Å². The van der Waals surface area contributed by atoms with Gasteiger partial charge in [0.15, 0.2) is 0 Å². The molecule has 0 radical (unpaired) electrons. The van der Waals surface area contributed by atoms with Gasteiger partial charge in [-0.3, -0.25) is 14.5 Å². The van der Waals surface area contributed by atoms with Crippen LogP contribution < -0.4 is 5.32 Å². The number of carbonyl (C=O) groups is 2. The minimum atomic E-state index is -0.950. The first-order valence-electron chi connectivity index (χ1n) is 9.68. The minimum absolute atomic E-state index is 0.0190. The Morgan fingerprint density at radius 1 is 0.893 bits per heavy atom. The second-order valence-corrected chi connectivity index (χ2v) is 7.69. The monoisotopic (exact) mass is 382 g/mol. The first-order chi connectivity index (χ1) is 13.3. The smallest absolute Gasteiger partial charge is 0.317 e. The van der Waals surface area contributed by atoms with Gasteiger partial charge in [0.25, 0.3) is 0 Å². The second-order valence-electron chi connectivity index (χ2n) is 7.69. The zero-order chi connectivity index (χ0) is 20.7. The Labute approximate surface area is 167 Å². The average molecular weight is 383 g/mol. The summed E-state index contributed by atoms with van der Waals surface area (Å²) in [4.78, 5) is 25.7. The van der Waals surface area contributed by atoms with E-state index in [1.165, 1.54) is 0 Å². The lowest BCUT2D eigenvalue weighted by Gasteiger charge is -2.23. The summed E-state index contributed by atoms with van der Waals surface area (Å²) in [5.74, 6) is -0.608. The number of benzene rings is 2. The van der Waals surface area contributed by atoms with Gasteiger partial charge in [-0.15, -0.1) is 0 Å². The fraction of sp³-hybridized carbons (Fsp3) is 0.391. The molecule has 2 rings (SSSR count). The van der Waals surface area contributed by atoms with Gasteiger partial charge in [0.1, 0.15) is 0 Å². The molecular formula is C23H30N2O3. The number of aliphatic carboxylic acids is 1. The second kappa shape index (κ2) is 10.0. The molecule has 150 valence electrons. The van der Waals surface area contributed by atoms with Gasteiger partial charge in [-0.25, -0.2) is 0 Å². The van der Waals surface area contributed by atoms with E-state index in [1.54, 1.807) is 4.90 Å². The number of anilines is 1. The first-order valence-corrected chi connectivity index (χ1v) is 9.68. The predicted molar refractivity (Wildman–Crippen MR) is 113 cm³/mol. The Balaban J connectivity index is 2.19. The van der Waals surface area contributed by atoms with Crippen molar-refractivity contribution in [2.75, 3.05) is 18.4 Å². The number of amides is 1. The van der Waals surface area contributed by atoms with Crippen molar-refractivity contribution in [1.82, 2.24) is 4.90 Å². The van der Waals surface area contributed by atoms with E-state index >= 15 is 0 Å². The van der Waals surface area contributed by atoms with E-state index in [4.69, 9.17) is 0 Å². The van der Waals surface area contributed by atoms with Gasteiger partial charge in [-0.05, 0) is 28.5 Å². The Hall–Kier alpha value is -2.66. The lowest BCUT2D eigenvalue weighted by atomic mass is 9.92. The first kappa shape index (κ1) is 21.6. The summed E-state index contributed by atoms with van der Waals surface area (Å²) in [6, 6.07) is 15.7. The number of hydrogen-bond acceptors (Lipinski definition) is 3. The van der Waals surface area contributed by atoms with Crippen LogP contribution in [0.3, 0.4) is 0 Å². The summed E-state index contributed by atoms with van der Waals surface area (Å²) in [7, 11) is 0. The van der Waals surface area contributed by atoms with E-state index in [-0.39, 0.29) is 30.8 Å². The van der Waals surface area contributed by atoms with Gasteiger partial charge < -0.3 is 10.4 Å². The summed E-state index contributed by atoms with van der Waals surface area (Å²) in [6.07, 6.45) is 0. The van der Waals surface area contributed by atoms with Crippen LogP contribution in [0.1, 0.15) is 56.2 Å². The molecule has 0 atom stereocenters. The third-order valence-electron chi connectivity index (χ3n) is 4.61. The van der Waals surface area contributed by atoms with E-state index in [9.17, 15) is 14.7 Å².